The highest BCUT2D eigenvalue weighted by Gasteiger charge is 2.51. The summed E-state index contributed by atoms with van der Waals surface area (Å²) in [4.78, 5) is 35.6. The van der Waals surface area contributed by atoms with Crippen molar-refractivity contribution in [2.45, 2.75) is 32.6 Å². The van der Waals surface area contributed by atoms with Crippen LogP contribution >= 0.6 is 27.5 Å². The molecule has 0 aromatic heterocycles. The highest BCUT2D eigenvalue weighted by molar-refractivity contribution is 9.10. The van der Waals surface area contributed by atoms with Gasteiger partial charge >= 0.3 is 17.6 Å². The molecule has 0 spiro atoms. The molecule has 172 valence electrons. The summed E-state index contributed by atoms with van der Waals surface area (Å²) in [5.41, 5.74) is -3.79. The molecule has 11 heteroatoms. The van der Waals surface area contributed by atoms with Gasteiger partial charge in [-0.3, -0.25) is 19.7 Å². The van der Waals surface area contributed by atoms with E-state index in [-0.39, 0.29) is 29.7 Å². The Hall–Kier alpha value is -2.72. The van der Waals surface area contributed by atoms with Crippen LogP contribution in [0, 0.1) is 21.8 Å². The van der Waals surface area contributed by atoms with E-state index in [0.717, 1.165) is 12.1 Å². The summed E-state index contributed by atoms with van der Waals surface area (Å²) in [7, 11) is 0. The monoisotopic (exact) mass is 531 g/mol. The van der Waals surface area contributed by atoms with Gasteiger partial charge in [0.2, 0.25) is 5.75 Å². The molecule has 0 saturated carbocycles. The van der Waals surface area contributed by atoms with Crippen molar-refractivity contribution in [1.29, 1.82) is 0 Å². The maximum absolute atomic E-state index is 15.6. The smallest absolute Gasteiger partial charge is 0.328 e. The highest BCUT2D eigenvalue weighted by Crippen LogP contribution is 2.42. The van der Waals surface area contributed by atoms with Crippen LogP contribution in [0.4, 0.5) is 10.1 Å². The zero-order chi connectivity index (χ0) is 24.2. The summed E-state index contributed by atoms with van der Waals surface area (Å²) in [6, 6.07) is 5.98. The van der Waals surface area contributed by atoms with E-state index in [4.69, 9.17) is 21.1 Å². The van der Waals surface area contributed by atoms with Gasteiger partial charge in [-0.05, 0) is 36.6 Å². The fourth-order valence-electron chi connectivity index (χ4n) is 2.99. The van der Waals surface area contributed by atoms with E-state index < -0.39 is 45.1 Å². The van der Waals surface area contributed by atoms with Crippen LogP contribution in [0.15, 0.2) is 34.8 Å². The van der Waals surface area contributed by atoms with Gasteiger partial charge in [0.05, 0.1) is 11.5 Å². The predicted molar refractivity (Wildman–Crippen MR) is 118 cm³/mol. The van der Waals surface area contributed by atoms with Gasteiger partial charge in [-0.2, -0.15) is 0 Å². The first-order valence-electron chi connectivity index (χ1n) is 9.45. The number of aliphatic carboxylic acids is 1. The molecule has 0 bridgehead atoms. The zero-order valence-electron chi connectivity index (χ0n) is 17.4. The molecule has 0 saturated heterocycles. The summed E-state index contributed by atoms with van der Waals surface area (Å²) in [5.74, 6) is -5.17. The summed E-state index contributed by atoms with van der Waals surface area (Å²) < 4.78 is 26.6. The number of carbonyl (C=O) groups is 2. The van der Waals surface area contributed by atoms with E-state index in [9.17, 15) is 24.8 Å². The fraction of sp³-hybridized carbons (Fsp3) is 0.333. The topological polar surface area (TPSA) is 116 Å². The van der Waals surface area contributed by atoms with Crippen LogP contribution in [0.25, 0.3) is 0 Å². The molecule has 0 aliphatic heterocycles. The predicted octanol–water partition coefficient (Wildman–Crippen LogP) is 5.87. The number of hydrogen-bond donors (Lipinski definition) is 1. The Labute approximate surface area is 196 Å². The van der Waals surface area contributed by atoms with Gasteiger partial charge in [0, 0.05) is 21.1 Å². The van der Waals surface area contributed by atoms with Crippen LogP contribution in [0.5, 0.6) is 11.5 Å². The molecule has 0 amide bonds. The quantitative estimate of drug-likeness (QED) is 0.186. The van der Waals surface area contributed by atoms with Crippen molar-refractivity contribution in [3.05, 3.63) is 61.3 Å². The van der Waals surface area contributed by atoms with Crippen molar-refractivity contribution in [2.75, 3.05) is 6.61 Å². The molecule has 8 nitrogen and oxygen atoms in total. The molecule has 2 aromatic rings. The number of halogens is 3. The second kappa shape index (κ2) is 10.3. The maximum atomic E-state index is 15.6. The number of benzene rings is 2. The van der Waals surface area contributed by atoms with E-state index in [0.29, 0.717) is 4.47 Å². The summed E-state index contributed by atoms with van der Waals surface area (Å²) >= 11 is 9.14. The molecular weight excluding hydrogens is 513 g/mol. The lowest BCUT2D eigenvalue weighted by molar-refractivity contribution is -0.385. The van der Waals surface area contributed by atoms with Gasteiger partial charge in [-0.25, -0.2) is 4.39 Å². The van der Waals surface area contributed by atoms with Gasteiger partial charge in [-0.15, -0.1) is 0 Å². The molecule has 1 atom stereocenters. The molecule has 0 radical (unpaired) electrons. The minimum absolute atomic E-state index is 0.0386. The van der Waals surface area contributed by atoms with Crippen LogP contribution < -0.4 is 4.74 Å². The maximum Gasteiger partial charge on any atom is 0.328 e. The largest absolute Gasteiger partial charge is 0.480 e. The minimum atomic E-state index is -2.43. The van der Waals surface area contributed by atoms with Crippen LogP contribution in [-0.4, -0.2) is 28.6 Å². The van der Waals surface area contributed by atoms with E-state index in [1.54, 1.807) is 13.8 Å². The van der Waals surface area contributed by atoms with Gasteiger partial charge in [0.15, 0.2) is 11.2 Å². The van der Waals surface area contributed by atoms with Crippen molar-refractivity contribution in [2.24, 2.45) is 5.92 Å². The van der Waals surface area contributed by atoms with Crippen molar-refractivity contribution < 1.29 is 33.5 Å². The number of esters is 1. The van der Waals surface area contributed by atoms with Gasteiger partial charge in [0.25, 0.3) is 0 Å². The SMILES string of the molecule is CCC(C(=O)O)(C(=O)OCC(C)C)c1ccc([N+](=O)[O-])c(Oc2cc(Cl)cc(Br)c2)c1F. The molecule has 2 rings (SSSR count). The Morgan fingerprint density at radius 2 is 1.97 bits per heavy atom. The number of carbonyl (C=O) groups excluding carboxylic acids is 1. The zero-order valence-corrected chi connectivity index (χ0v) is 19.7. The third-order valence-electron chi connectivity index (χ3n) is 4.58. The lowest BCUT2D eigenvalue weighted by Crippen LogP contribution is -2.45. The second-order valence-corrected chi connectivity index (χ2v) is 8.65. The molecular formula is C21H20BrClFNO7. The van der Waals surface area contributed by atoms with Crippen LogP contribution in [0.2, 0.25) is 5.02 Å². The lowest BCUT2D eigenvalue weighted by atomic mass is 9.77. The molecule has 1 unspecified atom stereocenters. The number of carboxylic acids is 1. The van der Waals surface area contributed by atoms with E-state index in [2.05, 4.69) is 15.9 Å². The highest BCUT2D eigenvalue weighted by atomic mass is 79.9. The van der Waals surface area contributed by atoms with E-state index in [1.807, 2.05) is 0 Å². The fourth-order valence-corrected chi connectivity index (χ4v) is 3.81. The standard InChI is InChI=1S/C21H20BrClFNO7/c1-4-21(19(26)27,20(28)31-10-11(2)3)15-5-6-16(25(29)30)18(17(15)24)32-14-8-12(22)7-13(23)9-14/h5-9,11H,4,10H2,1-3H3,(H,26,27). The molecule has 0 aliphatic rings. The third-order valence-corrected chi connectivity index (χ3v) is 5.26. The summed E-state index contributed by atoms with van der Waals surface area (Å²) in [5, 5.41) is 21.6. The first-order chi connectivity index (χ1) is 14.9. The number of nitro groups is 1. The van der Waals surface area contributed by atoms with Crippen LogP contribution in [0.3, 0.4) is 0 Å². The summed E-state index contributed by atoms with van der Waals surface area (Å²) in [6.45, 7) is 4.80. The number of hydrogen-bond acceptors (Lipinski definition) is 6. The van der Waals surface area contributed by atoms with Gasteiger partial charge in [-0.1, -0.05) is 48.3 Å². The van der Waals surface area contributed by atoms with Crippen molar-refractivity contribution in [1.82, 2.24) is 0 Å². The van der Waals surface area contributed by atoms with Crippen LogP contribution in [0.1, 0.15) is 32.8 Å². The van der Waals surface area contributed by atoms with Gasteiger partial charge in [0.1, 0.15) is 5.75 Å². The Balaban J connectivity index is 2.71. The molecule has 0 aliphatic carbocycles. The number of nitro benzene ring substituents is 1. The van der Waals surface area contributed by atoms with Crippen molar-refractivity contribution in [3.63, 3.8) is 0 Å². The first-order valence-corrected chi connectivity index (χ1v) is 10.6. The summed E-state index contributed by atoms with van der Waals surface area (Å²) in [6.07, 6.45) is -0.365. The molecule has 0 fully saturated rings. The van der Waals surface area contributed by atoms with E-state index in [1.165, 1.54) is 25.1 Å². The molecule has 2 aromatic carbocycles. The minimum Gasteiger partial charge on any atom is -0.480 e. The normalized spacial score (nSPS) is 12.8. The first kappa shape index (κ1) is 25.5. The number of ether oxygens (including phenoxy) is 2. The van der Waals surface area contributed by atoms with Crippen LogP contribution in [-0.2, 0) is 19.7 Å². The average molecular weight is 533 g/mol. The number of rotatable bonds is 9. The van der Waals surface area contributed by atoms with Crippen molar-refractivity contribution in [3.8, 4) is 11.5 Å². The average Bonchev–Trinajstić information content (AvgIpc) is 2.68. The molecule has 0 heterocycles. The lowest BCUT2D eigenvalue weighted by Gasteiger charge is -2.27. The van der Waals surface area contributed by atoms with Gasteiger partial charge < -0.3 is 14.6 Å². The van der Waals surface area contributed by atoms with Crippen molar-refractivity contribution >= 4 is 45.2 Å². The third kappa shape index (κ3) is 5.18. The Kier molecular flexibility index (Phi) is 8.19. The van der Waals surface area contributed by atoms with E-state index >= 15 is 4.39 Å². The Morgan fingerprint density at radius 1 is 1.31 bits per heavy atom. The molecule has 1 N–H and O–H groups in total. The Bertz CT molecular complexity index is 1040. The molecule has 32 heavy (non-hydrogen) atoms. The number of carboxylic acid groups (broad SMARTS) is 1. The number of nitrogens with zero attached hydrogens (tertiary/aromatic N) is 1. The second-order valence-electron chi connectivity index (χ2n) is 7.30. The Morgan fingerprint density at radius 3 is 2.47 bits per heavy atom.